The van der Waals surface area contributed by atoms with Crippen molar-refractivity contribution in [3.8, 4) is 17.2 Å². The first-order chi connectivity index (χ1) is 11.9. The number of aromatic nitrogens is 1. The number of hydrogen-bond acceptors (Lipinski definition) is 4. The Kier molecular flexibility index (Phi) is 4.95. The number of para-hydroxylation sites is 1. The quantitative estimate of drug-likeness (QED) is 0.736. The molecule has 0 bridgehead atoms. The second-order valence-electron chi connectivity index (χ2n) is 6.09. The molecular weight excluding hydrogens is 340 g/mol. The monoisotopic (exact) mass is 358 g/mol. The van der Waals surface area contributed by atoms with Gasteiger partial charge < -0.3 is 14.5 Å². The maximum atomic E-state index is 11.8. The molecule has 3 aromatic rings. The first-order valence-electron chi connectivity index (χ1n) is 8.02. The summed E-state index contributed by atoms with van der Waals surface area (Å²) in [7, 11) is 0. The first-order valence-corrected chi connectivity index (χ1v) is 8.40. The van der Waals surface area contributed by atoms with Crippen molar-refractivity contribution in [2.75, 3.05) is 6.61 Å². The van der Waals surface area contributed by atoms with Gasteiger partial charge in [0.1, 0.15) is 11.3 Å². The zero-order valence-electron chi connectivity index (χ0n) is 14.3. The van der Waals surface area contributed by atoms with Gasteiger partial charge in [-0.1, -0.05) is 23.7 Å². The second kappa shape index (κ2) is 7.15. The van der Waals surface area contributed by atoms with Crippen molar-refractivity contribution < 1.29 is 13.9 Å². The van der Waals surface area contributed by atoms with Gasteiger partial charge in [0.05, 0.1) is 5.56 Å². The highest BCUT2D eigenvalue weighted by Crippen LogP contribution is 2.34. The number of carbonyl (C=O) groups is 1. The molecule has 0 unspecified atom stereocenters. The predicted molar refractivity (Wildman–Crippen MR) is 98.0 cm³/mol. The van der Waals surface area contributed by atoms with Gasteiger partial charge in [-0.3, -0.25) is 4.79 Å². The molecule has 1 heterocycles. The summed E-state index contributed by atoms with van der Waals surface area (Å²) < 4.78 is 11.5. The molecule has 1 amide bonds. The van der Waals surface area contributed by atoms with Crippen LogP contribution in [0, 0.1) is 6.92 Å². The molecule has 0 atom stereocenters. The molecular formula is C19H19ClN2O3. The summed E-state index contributed by atoms with van der Waals surface area (Å²) in [6, 6.07) is 11.0. The second-order valence-corrected chi connectivity index (χ2v) is 6.53. The molecule has 25 heavy (non-hydrogen) atoms. The van der Waals surface area contributed by atoms with Gasteiger partial charge in [0.25, 0.3) is 5.91 Å². The maximum absolute atomic E-state index is 11.8. The SMILES string of the molecule is Cc1cccc2oc(-c3ccc(Cl)cc3OCC(=O)NC(C)C)nc12. The van der Waals surface area contributed by atoms with Crippen LogP contribution in [-0.4, -0.2) is 23.5 Å². The van der Waals surface area contributed by atoms with Crippen LogP contribution < -0.4 is 10.1 Å². The molecule has 2 aromatic carbocycles. The Hall–Kier alpha value is -2.53. The third-order valence-electron chi connectivity index (χ3n) is 3.60. The molecule has 1 aromatic heterocycles. The van der Waals surface area contributed by atoms with Crippen molar-refractivity contribution in [3.63, 3.8) is 0 Å². The van der Waals surface area contributed by atoms with Gasteiger partial charge in [-0.2, -0.15) is 0 Å². The van der Waals surface area contributed by atoms with Gasteiger partial charge in [-0.15, -0.1) is 0 Å². The van der Waals surface area contributed by atoms with Gasteiger partial charge in [-0.25, -0.2) is 4.98 Å². The zero-order valence-corrected chi connectivity index (χ0v) is 15.1. The van der Waals surface area contributed by atoms with Crippen molar-refractivity contribution in [2.24, 2.45) is 0 Å². The van der Waals surface area contributed by atoms with E-state index in [1.807, 2.05) is 39.0 Å². The summed E-state index contributed by atoms with van der Waals surface area (Å²) in [6.45, 7) is 5.65. The van der Waals surface area contributed by atoms with E-state index in [0.717, 1.165) is 11.1 Å². The third-order valence-corrected chi connectivity index (χ3v) is 3.84. The number of carbonyl (C=O) groups excluding carboxylic acids is 1. The van der Waals surface area contributed by atoms with E-state index in [-0.39, 0.29) is 18.6 Å². The number of ether oxygens (including phenoxy) is 1. The molecule has 0 fully saturated rings. The largest absolute Gasteiger partial charge is 0.483 e. The van der Waals surface area contributed by atoms with Crippen molar-refractivity contribution in [2.45, 2.75) is 26.8 Å². The zero-order chi connectivity index (χ0) is 18.0. The van der Waals surface area contributed by atoms with E-state index in [9.17, 15) is 4.79 Å². The van der Waals surface area contributed by atoms with E-state index in [4.69, 9.17) is 20.8 Å². The predicted octanol–water partition coefficient (Wildman–Crippen LogP) is 4.36. The smallest absolute Gasteiger partial charge is 0.258 e. The number of halogens is 1. The van der Waals surface area contributed by atoms with Gasteiger partial charge in [0.2, 0.25) is 5.89 Å². The molecule has 0 saturated carbocycles. The number of nitrogens with zero attached hydrogens (tertiary/aromatic N) is 1. The highest BCUT2D eigenvalue weighted by Gasteiger charge is 2.16. The summed E-state index contributed by atoms with van der Waals surface area (Å²) in [4.78, 5) is 16.4. The number of benzene rings is 2. The van der Waals surface area contributed by atoms with Gasteiger partial charge >= 0.3 is 0 Å². The number of oxazole rings is 1. The molecule has 6 heteroatoms. The molecule has 5 nitrogen and oxygen atoms in total. The van der Waals surface area contributed by atoms with Gasteiger partial charge in [-0.05, 0) is 50.6 Å². The maximum Gasteiger partial charge on any atom is 0.258 e. The summed E-state index contributed by atoms with van der Waals surface area (Å²) in [6.07, 6.45) is 0. The molecule has 0 spiro atoms. The Labute approximate surface area is 151 Å². The summed E-state index contributed by atoms with van der Waals surface area (Å²) in [5.41, 5.74) is 3.18. The van der Waals surface area contributed by atoms with Crippen LogP contribution in [0.4, 0.5) is 0 Å². The van der Waals surface area contributed by atoms with Crippen LogP contribution in [0.1, 0.15) is 19.4 Å². The lowest BCUT2D eigenvalue weighted by Gasteiger charge is -2.12. The molecule has 0 aliphatic heterocycles. The highest BCUT2D eigenvalue weighted by molar-refractivity contribution is 6.30. The van der Waals surface area contributed by atoms with Crippen LogP contribution in [0.5, 0.6) is 5.75 Å². The molecule has 0 aliphatic carbocycles. The Morgan fingerprint density at radius 2 is 2.12 bits per heavy atom. The van der Waals surface area contributed by atoms with Gasteiger partial charge in [0.15, 0.2) is 12.2 Å². The lowest BCUT2D eigenvalue weighted by atomic mass is 10.2. The molecule has 1 N–H and O–H groups in total. The summed E-state index contributed by atoms with van der Waals surface area (Å²) in [5.74, 6) is 0.685. The molecule has 0 aliphatic rings. The molecule has 0 radical (unpaired) electrons. The lowest BCUT2D eigenvalue weighted by Crippen LogP contribution is -2.34. The average Bonchev–Trinajstić information content (AvgIpc) is 2.98. The highest BCUT2D eigenvalue weighted by atomic mass is 35.5. The van der Waals surface area contributed by atoms with E-state index in [1.54, 1.807) is 18.2 Å². The number of hydrogen-bond donors (Lipinski definition) is 1. The summed E-state index contributed by atoms with van der Waals surface area (Å²) in [5, 5.41) is 3.29. The number of amides is 1. The molecule has 0 saturated heterocycles. The minimum Gasteiger partial charge on any atom is -0.483 e. The third kappa shape index (κ3) is 3.94. The van der Waals surface area contributed by atoms with Crippen molar-refractivity contribution in [1.29, 1.82) is 0 Å². The van der Waals surface area contributed by atoms with Crippen LogP contribution in [0.15, 0.2) is 40.8 Å². The number of nitrogens with one attached hydrogen (secondary N) is 1. The topological polar surface area (TPSA) is 64.4 Å². The fourth-order valence-corrected chi connectivity index (χ4v) is 2.66. The van der Waals surface area contributed by atoms with Crippen molar-refractivity contribution >= 4 is 28.6 Å². The average molecular weight is 359 g/mol. The van der Waals surface area contributed by atoms with Crippen LogP contribution in [0.3, 0.4) is 0 Å². The van der Waals surface area contributed by atoms with Crippen LogP contribution in [0.25, 0.3) is 22.6 Å². The fourth-order valence-electron chi connectivity index (χ4n) is 2.50. The fraction of sp³-hybridized carbons (Fsp3) is 0.263. The standard InChI is InChI=1S/C19H19ClN2O3/c1-11(2)21-17(23)10-24-16-9-13(20)7-8-14(16)19-22-18-12(3)5-4-6-15(18)25-19/h4-9,11H,10H2,1-3H3,(H,21,23). The minimum atomic E-state index is -0.200. The summed E-state index contributed by atoms with van der Waals surface area (Å²) >= 11 is 6.08. The van der Waals surface area contributed by atoms with E-state index in [2.05, 4.69) is 10.3 Å². The first kappa shape index (κ1) is 17.3. The van der Waals surface area contributed by atoms with Crippen molar-refractivity contribution in [3.05, 3.63) is 47.0 Å². The Morgan fingerprint density at radius 1 is 1.32 bits per heavy atom. The van der Waals surface area contributed by atoms with Crippen LogP contribution in [0.2, 0.25) is 5.02 Å². The number of aryl methyl sites for hydroxylation is 1. The molecule has 130 valence electrons. The Balaban J connectivity index is 1.92. The number of fused-ring (bicyclic) bond motifs is 1. The van der Waals surface area contributed by atoms with Gasteiger partial charge in [0, 0.05) is 11.1 Å². The normalized spacial score (nSPS) is 11.1. The lowest BCUT2D eigenvalue weighted by molar-refractivity contribution is -0.123. The van der Waals surface area contributed by atoms with E-state index in [1.165, 1.54) is 0 Å². The molecule has 3 rings (SSSR count). The Bertz CT molecular complexity index is 918. The van der Waals surface area contributed by atoms with E-state index < -0.39 is 0 Å². The van der Waals surface area contributed by atoms with Crippen LogP contribution >= 0.6 is 11.6 Å². The van der Waals surface area contributed by atoms with E-state index >= 15 is 0 Å². The number of rotatable bonds is 5. The van der Waals surface area contributed by atoms with Crippen LogP contribution in [-0.2, 0) is 4.79 Å². The minimum absolute atomic E-state index is 0.0509. The Morgan fingerprint density at radius 3 is 2.84 bits per heavy atom. The van der Waals surface area contributed by atoms with Crippen molar-refractivity contribution in [1.82, 2.24) is 10.3 Å². The van der Waals surface area contributed by atoms with E-state index in [0.29, 0.717) is 27.8 Å².